The first kappa shape index (κ1) is 15.5. The van der Waals surface area contributed by atoms with Crippen molar-refractivity contribution < 1.29 is 19.1 Å². The number of methoxy groups -OCH3 is 1. The second-order valence-electron chi connectivity index (χ2n) is 3.62. The van der Waals surface area contributed by atoms with E-state index in [0.29, 0.717) is 22.3 Å². The number of rotatable bonds is 7. The molecule has 0 heterocycles. The lowest BCUT2D eigenvalue weighted by atomic mass is 10.2. The van der Waals surface area contributed by atoms with Crippen molar-refractivity contribution in [2.75, 3.05) is 26.9 Å². The van der Waals surface area contributed by atoms with Crippen LogP contribution in [0.5, 0.6) is 5.75 Å². The molecule has 1 rings (SSSR count). The number of hydrogen-bond donors (Lipinski definition) is 2. The van der Waals surface area contributed by atoms with E-state index < -0.39 is 5.91 Å². The van der Waals surface area contributed by atoms with E-state index in [4.69, 9.17) is 15.2 Å². The van der Waals surface area contributed by atoms with Gasteiger partial charge in [0.05, 0.1) is 18.2 Å². The Morgan fingerprint density at radius 2 is 2.16 bits per heavy atom. The van der Waals surface area contributed by atoms with Crippen LogP contribution in [0.3, 0.4) is 0 Å². The van der Waals surface area contributed by atoms with Crippen LogP contribution in [0.25, 0.3) is 0 Å². The van der Waals surface area contributed by atoms with E-state index in [2.05, 4.69) is 21.2 Å². The molecule has 0 saturated heterocycles. The molecule has 1 aromatic rings. The predicted octanol–water partition coefficient (Wildman–Crippen LogP) is 0.689. The predicted molar refractivity (Wildman–Crippen MR) is 73.0 cm³/mol. The van der Waals surface area contributed by atoms with Crippen molar-refractivity contribution in [1.29, 1.82) is 0 Å². The molecule has 0 aliphatic rings. The minimum absolute atomic E-state index is 0.149. The number of primary amides is 1. The van der Waals surface area contributed by atoms with E-state index >= 15 is 0 Å². The summed E-state index contributed by atoms with van der Waals surface area (Å²) in [6.45, 7) is 0.381. The minimum atomic E-state index is -0.537. The van der Waals surface area contributed by atoms with Gasteiger partial charge in [-0.15, -0.1) is 0 Å². The van der Waals surface area contributed by atoms with Crippen molar-refractivity contribution in [3.8, 4) is 5.75 Å². The maximum Gasteiger partial charge on any atom is 0.251 e. The van der Waals surface area contributed by atoms with Crippen molar-refractivity contribution in [1.82, 2.24) is 5.32 Å². The first-order valence-corrected chi connectivity index (χ1v) is 6.31. The van der Waals surface area contributed by atoms with Crippen LogP contribution in [0, 0.1) is 0 Å². The van der Waals surface area contributed by atoms with E-state index in [0.717, 1.165) is 0 Å². The molecule has 0 bridgehead atoms. The van der Waals surface area contributed by atoms with Crippen LogP contribution in [0.1, 0.15) is 10.4 Å². The van der Waals surface area contributed by atoms with Crippen LogP contribution in [-0.4, -0.2) is 38.7 Å². The smallest absolute Gasteiger partial charge is 0.251 e. The summed E-state index contributed by atoms with van der Waals surface area (Å²) in [5.41, 5.74) is 5.40. The standard InChI is InChI=1S/C12H15BrN2O4/c1-18-10-3-2-8(6-9(10)13)12(17)15-4-5-19-7-11(14)16/h2-3,6H,4-5,7H2,1H3,(H2,14,16)(H,15,17). The van der Waals surface area contributed by atoms with E-state index in [1.165, 1.54) is 0 Å². The molecule has 0 unspecified atom stereocenters. The van der Waals surface area contributed by atoms with E-state index in [1.54, 1.807) is 25.3 Å². The highest BCUT2D eigenvalue weighted by Gasteiger charge is 2.08. The van der Waals surface area contributed by atoms with Gasteiger partial charge in [-0.2, -0.15) is 0 Å². The zero-order valence-electron chi connectivity index (χ0n) is 10.4. The lowest BCUT2D eigenvalue weighted by Gasteiger charge is -2.07. The highest BCUT2D eigenvalue weighted by molar-refractivity contribution is 9.10. The molecule has 7 heteroatoms. The number of hydrogen-bond acceptors (Lipinski definition) is 4. The zero-order valence-corrected chi connectivity index (χ0v) is 12.0. The summed E-state index contributed by atoms with van der Waals surface area (Å²) < 4.78 is 10.7. The first-order valence-electron chi connectivity index (χ1n) is 5.52. The summed E-state index contributed by atoms with van der Waals surface area (Å²) in [5.74, 6) is -0.113. The number of ether oxygens (including phenoxy) is 2. The molecule has 0 fully saturated rings. The Bertz CT molecular complexity index is 465. The molecule has 0 aliphatic carbocycles. The SMILES string of the molecule is COc1ccc(C(=O)NCCOCC(N)=O)cc1Br. The van der Waals surface area contributed by atoms with Gasteiger partial charge in [0, 0.05) is 12.1 Å². The number of nitrogens with two attached hydrogens (primary N) is 1. The van der Waals surface area contributed by atoms with Gasteiger partial charge in [0.25, 0.3) is 5.91 Å². The molecule has 3 N–H and O–H groups in total. The molecule has 104 valence electrons. The third kappa shape index (κ3) is 5.27. The molecule has 19 heavy (non-hydrogen) atoms. The van der Waals surface area contributed by atoms with E-state index in [1.807, 2.05) is 0 Å². The van der Waals surface area contributed by atoms with Gasteiger partial charge < -0.3 is 20.5 Å². The van der Waals surface area contributed by atoms with Crippen LogP contribution >= 0.6 is 15.9 Å². The average Bonchev–Trinajstić information content (AvgIpc) is 2.37. The second-order valence-corrected chi connectivity index (χ2v) is 4.48. The number of halogens is 1. The van der Waals surface area contributed by atoms with Crippen LogP contribution in [0.15, 0.2) is 22.7 Å². The molecule has 0 aliphatic heterocycles. The zero-order chi connectivity index (χ0) is 14.3. The van der Waals surface area contributed by atoms with Crippen molar-refractivity contribution in [3.05, 3.63) is 28.2 Å². The molecule has 2 amide bonds. The molecular formula is C12H15BrN2O4. The number of benzene rings is 1. The molecule has 6 nitrogen and oxygen atoms in total. The highest BCUT2D eigenvalue weighted by Crippen LogP contribution is 2.25. The molecule has 0 aromatic heterocycles. The molecule has 0 atom stereocenters. The summed E-state index contributed by atoms with van der Waals surface area (Å²) in [6.07, 6.45) is 0. The quantitative estimate of drug-likeness (QED) is 0.719. The van der Waals surface area contributed by atoms with Crippen molar-refractivity contribution in [2.24, 2.45) is 5.73 Å². The minimum Gasteiger partial charge on any atom is -0.496 e. The molecule has 0 radical (unpaired) electrons. The van der Waals surface area contributed by atoms with Gasteiger partial charge in [0.15, 0.2) is 0 Å². The van der Waals surface area contributed by atoms with Gasteiger partial charge in [0.1, 0.15) is 12.4 Å². The highest BCUT2D eigenvalue weighted by atomic mass is 79.9. The van der Waals surface area contributed by atoms with Gasteiger partial charge in [0.2, 0.25) is 5.91 Å². The van der Waals surface area contributed by atoms with Gasteiger partial charge in [-0.1, -0.05) is 0 Å². The van der Waals surface area contributed by atoms with Gasteiger partial charge >= 0.3 is 0 Å². The summed E-state index contributed by atoms with van der Waals surface area (Å²) in [6, 6.07) is 5.02. The lowest BCUT2D eigenvalue weighted by molar-refractivity contribution is -0.122. The second kappa shape index (κ2) is 7.75. The fourth-order valence-corrected chi connectivity index (χ4v) is 1.86. The summed E-state index contributed by atoms with van der Waals surface area (Å²) >= 11 is 3.30. The number of nitrogens with one attached hydrogen (secondary N) is 1. The van der Waals surface area contributed by atoms with Crippen LogP contribution in [0.4, 0.5) is 0 Å². The van der Waals surface area contributed by atoms with E-state index in [-0.39, 0.29) is 19.1 Å². The first-order chi connectivity index (χ1) is 9.04. The Morgan fingerprint density at radius 1 is 1.42 bits per heavy atom. The Labute approximate surface area is 119 Å². The Hall–Kier alpha value is -1.60. The fraction of sp³-hybridized carbons (Fsp3) is 0.333. The monoisotopic (exact) mass is 330 g/mol. The Balaban J connectivity index is 2.41. The van der Waals surface area contributed by atoms with Gasteiger partial charge in [-0.25, -0.2) is 0 Å². The van der Waals surface area contributed by atoms with Gasteiger partial charge in [-0.3, -0.25) is 9.59 Å². The normalized spacial score (nSPS) is 10.0. The summed E-state index contributed by atoms with van der Waals surface area (Å²) in [5, 5.41) is 2.66. The molecule has 0 saturated carbocycles. The number of carbonyl (C=O) groups excluding carboxylic acids is 2. The third-order valence-electron chi connectivity index (χ3n) is 2.19. The van der Waals surface area contributed by atoms with Crippen molar-refractivity contribution in [2.45, 2.75) is 0 Å². The fourth-order valence-electron chi connectivity index (χ4n) is 1.32. The Kier molecular flexibility index (Phi) is 6.31. The summed E-state index contributed by atoms with van der Waals surface area (Å²) in [7, 11) is 1.55. The molecule has 0 spiro atoms. The topological polar surface area (TPSA) is 90.7 Å². The largest absolute Gasteiger partial charge is 0.496 e. The maximum atomic E-state index is 11.8. The number of amides is 2. The van der Waals surface area contributed by atoms with Crippen LogP contribution in [0.2, 0.25) is 0 Å². The lowest BCUT2D eigenvalue weighted by Crippen LogP contribution is -2.28. The molecular weight excluding hydrogens is 316 g/mol. The number of carbonyl (C=O) groups is 2. The molecule has 1 aromatic carbocycles. The van der Waals surface area contributed by atoms with E-state index in [9.17, 15) is 9.59 Å². The van der Waals surface area contributed by atoms with Crippen LogP contribution < -0.4 is 15.8 Å². The third-order valence-corrected chi connectivity index (χ3v) is 2.81. The van der Waals surface area contributed by atoms with Crippen LogP contribution in [-0.2, 0) is 9.53 Å². The van der Waals surface area contributed by atoms with Gasteiger partial charge in [-0.05, 0) is 34.1 Å². The summed E-state index contributed by atoms with van der Waals surface area (Å²) in [4.78, 5) is 22.2. The Morgan fingerprint density at radius 3 is 2.74 bits per heavy atom. The van der Waals surface area contributed by atoms with Crippen molar-refractivity contribution in [3.63, 3.8) is 0 Å². The maximum absolute atomic E-state index is 11.8. The average molecular weight is 331 g/mol. The van der Waals surface area contributed by atoms with Crippen molar-refractivity contribution >= 4 is 27.7 Å².